The van der Waals surface area contributed by atoms with E-state index >= 15 is 0 Å². The van der Waals surface area contributed by atoms with E-state index in [0.717, 1.165) is 18.4 Å². The number of nitrogens with one attached hydrogen (secondary N) is 1. The standard InChI is InChI=1S/C16H16FN3O3/c17-14-5-11(10-1-2-10)3-4-12(14)6-18-15(21)9-20-8-13(7-19-20)16(22)23/h3-5,7-8,10H,1-2,6,9H2,(H,18,21)(H,22,23). The summed E-state index contributed by atoms with van der Waals surface area (Å²) < 4.78 is 15.2. The van der Waals surface area contributed by atoms with E-state index in [9.17, 15) is 14.0 Å². The third-order valence-corrected chi connectivity index (χ3v) is 3.79. The highest BCUT2D eigenvalue weighted by atomic mass is 19.1. The molecule has 0 unspecified atom stereocenters. The second-order valence-corrected chi connectivity index (χ2v) is 5.63. The minimum atomic E-state index is -1.10. The van der Waals surface area contributed by atoms with E-state index in [0.29, 0.717) is 11.5 Å². The zero-order chi connectivity index (χ0) is 16.4. The molecule has 6 nitrogen and oxygen atoms in total. The summed E-state index contributed by atoms with van der Waals surface area (Å²) in [5, 5.41) is 15.2. The highest BCUT2D eigenvalue weighted by Crippen LogP contribution is 2.40. The molecule has 1 saturated carbocycles. The molecule has 1 heterocycles. The Morgan fingerprint density at radius 3 is 2.78 bits per heavy atom. The number of carbonyl (C=O) groups is 2. The zero-order valence-electron chi connectivity index (χ0n) is 12.3. The third-order valence-electron chi connectivity index (χ3n) is 3.79. The molecule has 1 aliphatic rings. The van der Waals surface area contributed by atoms with Crippen molar-refractivity contribution in [2.45, 2.75) is 31.8 Å². The van der Waals surface area contributed by atoms with Gasteiger partial charge in [-0.05, 0) is 30.4 Å². The summed E-state index contributed by atoms with van der Waals surface area (Å²) >= 11 is 0. The summed E-state index contributed by atoms with van der Waals surface area (Å²) in [6.07, 6.45) is 4.66. The average Bonchev–Trinajstić information content (AvgIpc) is 3.25. The lowest BCUT2D eigenvalue weighted by molar-refractivity contribution is -0.122. The lowest BCUT2D eigenvalue weighted by Gasteiger charge is -2.08. The maximum absolute atomic E-state index is 14.0. The SMILES string of the molecule is O=C(Cn1cc(C(=O)O)cn1)NCc1ccc(C2CC2)cc1F. The van der Waals surface area contributed by atoms with Gasteiger partial charge in [0.25, 0.3) is 0 Å². The molecule has 3 rings (SSSR count). The molecule has 0 bridgehead atoms. The lowest BCUT2D eigenvalue weighted by Crippen LogP contribution is -2.27. The number of nitrogens with zero attached hydrogens (tertiary/aromatic N) is 2. The van der Waals surface area contributed by atoms with Gasteiger partial charge in [-0.1, -0.05) is 12.1 Å². The summed E-state index contributed by atoms with van der Waals surface area (Å²) in [6, 6.07) is 5.13. The fourth-order valence-electron chi connectivity index (χ4n) is 2.33. The predicted molar refractivity (Wildman–Crippen MR) is 79.4 cm³/mol. The molecule has 2 aromatic rings. The number of hydrogen-bond acceptors (Lipinski definition) is 3. The molecule has 0 saturated heterocycles. The molecule has 1 aromatic carbocycles. The van der Waals surface area contributed by atoms with Crippen LogP contribution in [0.25, 0.3) is 0 Å². The van der Waals surface area contributed by atoms with Gasteiger partial charge < -0.3 is 10.4 Å². The van der Waals surface area contributed by atoms with Gasteiger partial charge in [0.1, 0.15) is 12.4 Å². The normalized spacial score (nSPS) is 13.8. The van der Waals surface area contributed by atoms with Crippen LogP contribution in [0.2, 0.25) is 0 Å². The average molecular weight is 317 g/mol. The molecule has 1 aliphatic carbocycles. The maximum atomic E-state index is 14.0. The number of amides is 1. The van der Waals surface area contributed by atoms with Crippen molar-refractivity contribution in [3.8, 4) is 0 Å². The van der Waals surface area contributed by atoms with Gasteiger partial charge in [-0.2, -0.15) is 5.10 Å². The van der Waals surface area contributed by atoms with Crippen molar-refractivity contribution < 1.29 is 19.1 Å². The fourth-order valence-corrected chi connectivity index (χ4v) is 2.33. The van der Waals surface area contributed by atoms with Crippen LogP contribution < -0.4 is 5.32 Å². The Morgan fingerprint density at radius 2 is 2.17 bits per heavy atom. The molecule has 0 spiro atoms. The molecule has 1 fully saturated rings. The van der Waals surface area contributed by atoms with Crippen molar-refractivity contribution >= 4 is 11.9 Å². The van der Waals surface area contributed by atoms with Crippen LogP contribution in [0.1, 0.15) is 40.2 Å². The van der Waals surface area contributed by atoms with Gasteiger partial charge in [-0.15, -0.1) is 0 Å². The largest absolute Gasteiger partial charge is 0.478 e. The van der Waals surface area contributed by atoms with Gasteiger partial charge in [-0.25, -0.2) is 9.18 Å². The molecule has 0 atom stereocenters. The van der Waals surface area contributed by atoms with Crippen LogP contribution in [0.15, 0.2) is 30.6 Å². The van der Waals surface area contributed by atoms with E-state index in [4.69, 9.17) is 5.11 Å². The second-order valence-electron chi connectivity index (χ2n) is 5.63. The number of carboxylic acid groups (broad SMARTS) is 1. The Labute approximate surface area is 131 Å². The number of benzene rings is 1. The van der Waals surface area contributed by atoms with Gasteiger partial charge in [0.05, 0.1) is 11.8 Å². The Morgan fingerprint density at radius 1 is 1.39 bits per heavy atom. The van der Waals surface area contributed by atoms with Gasteiger partial charge in [-0.3, -0.25) is 9.48 Å². The first-order valence-electron chi connectivity index (χ1n) is 7.33. The monoisotopic (exact) mass is 317 g/mol. The zero-order valence-corrected chi connectivity index (χ0v) is 12.3. The number of aromatic nitrogens is 2. The minimum absolute atomic E-state index is 0.0134. The van der Waals surface area contributed by atoms with Crippen LogP contribution >= 0.6 is 0 Å². The second kappa shape index (κ2) is 6.20. The molecule has 1 aromatic heterocycles. The number of hydrogen-bond donors (Lipinski definition) is 2. The summed E-state index contributed by atoms with van der Waals surface area (Å²) in [6.45, 7) is -0.0300. The van der Waals surface area contributed by atoms with Crippen LogP contribution in [-0.4, -0.2) is 26.8 Å². The van der Waals surface area contributed by atoms with E-state index in [1.165, 1.54) is 23.1 Å². The fraction of sp³-hybridized carbons (Fsp3) is 0.312. The molecule has 120 valence electrons. The minimum Gasteiger partial charge on any atom is -0.478 e. The van der Waals surface area contributed by atoms with E-state index in [-0.39, 0.29) is 30.4 Å². The van der Waals surface area contributed by atoms with Crippen LogP contribution in [0.3, 0.4) is 0 Å². The summed E-state index contributed by atoms with van der Waals surface area (Å²) in [5.74, 6) is -1.30. The van der Waals surface area contributed by atoms with Gasteiger partial charge in [0.2, 0.25) is 5.91 Å². The van der Waals surface area contributed by atoms with Crippen LogP contribution in [0.4, 0.5) is 4.39 Å². The highest BCUT2D eigenvalue weighted by Gasteiger charge is 2.24. The van der Waals surface area contributed by atoms with E-state index in [2.05, 4.69) is 10.4 Å². The molecular weight excluding hydrogens is 301 g/mol. The van der Waals surface area contributed by atoms with E-state index < -0.39 is 5.97 Å². The van der Waals surface area contributed by atoms with Crippen molar-refractivity contribution in [1.29, 1.82) is 0 Å². The van der Waals surface area contributed by atoms with Crippen LogP contribution in [0.5, 0.6) is 0 Å². The first-order chi connectivity index (χ1) is 11.0. The van der Waals surface area contributed by atoms with Crippen molar-refractivity contribution in [3.05, 3.63) is 53.1 Å². The van der Waals surface area contributed by atoms with E-state index in [1.54, 1.807) is 6.07 Å². The number of carboxylic acids is 1. The molecular formula is C16H16FN3O3. The number of halogens is 1. The summed E-state index contributed by atoms with van der Waals surface area (Å²) in [7, 11) is 0. The third kappa shape index (κ3) is 3.74. The first kappa shape index (κ1) is 15.2. The van der Waals surface area contributed by atoms with Crippen molar-refractivity contribution in [1.82, 2.24) is 15.1 Å². The molecule has 1 amide bonds. The Bertz CT molecular complexity index is 753. The van der Waals surface area contributed by atoms with Crippen molar-refractivity contribution in [2.75, 3.05) is 0 Å². The maximum Gasteiger partial charge on any atom is 0.338 e. The van der Waals surface area contributed by atoms with Gasteiger partial charge in [0.15, 0.2) is 0 Å². The van der Waals surface area contributed by atoms with E-state index in [1.807, 2.05) is 6.07 Å². The Balaban J connectivity index is 1.54. The summed E-state index contributed by atoms with van der Waals surface area (Å²) in [4.78, 5) is 22.6. The van der Waals surface area contributed by atoms with Crippen LogP contribution in [-0.2, 0) is 17.9 Å². The smallest absolute Gasteiger partial charge is 0.338 e. The predicted octanol–water partition coefficient (Wildman–Crippen LogP) is 1.91. The first-order valence-corrected chi connectivity index (χ1v) is 7.33. The Kier molecular flexibility index (Phi) is 4.10. The molecule has 23 heavy (non-hydrogen) atoms. The quantitative estimate of drug-likeness (QED) is 0.852. The molecule has 0 radical (unpaired) electrons. The number of carbonyl (C=O) groups excluding carboxylic acids is 1. The van der Waals surface area contributed by atoms with Crippen LogP contribution in [0, 0.1) is 5.82 Å². The van der Waals surface area contributed by atoms with Gasteiger partial charge in [0, 0.05) is 18.3 Å². The highest BCUT2D eigenvalue weighted by molar-refractivity contribution is 5.87. The molecule has 7 heteroatoms. The molecule has 2 N–H and O–H groups in total. The van der Waals surface area contributed by atoms with Gasteiger partial charge >= 0.3 is 5.97 Å². The Hall–Kier alpha value is -2.70. The van der Waals surface area contributed by atoms with Crippen molar-refractivity contribution in [3.63, 3.8) is 0 Å². The number of aromatic carboxylic acids is 1. The lowest BCUT2D eigenvalue weighted by atomic mass is 10.1. The molecule has 0 aliphatic heterocycles. The topological polar surface area (TPSA) is 84.2 Å². The summed E-state index contributed by atoms with van der Waals surface area (Å²) in [5.41, 5.74) is 1.45. The number of rotatable bonds is 6. The van der Waals surface area contributed by atoms with Crippen molar-refractivity contribution in [2.24, 2.45) is 0 Å².